The van der Waals surface area contributed by atoms with Gasteiger partial charge in [-0.1, -0.05) is 12.8 Å². The van der Waals surface area contributed by atoms with E-state index in [0.29, 0.717) is 5.69 Å². The molecule has 0 radical (unpaired) electrons. The number of aromatic nitrogens is 2. The Kier molecular flexibility index (Phi) is 5.49. The Bertz CT molecular complexity index is 732. The fraction of sp³-hybridized carbons (Fsp3) is 0.444. The Morgan fingerprint density at radius 3 is 2.27 bits per heavy atom. The molecule has 0 bridgehead atoms. The molecule has 0 saturated carbocycles. The number of carbonyl (C=O) groups excluding carboxylic acids is 1. The lowest BCUT2D eigenvalue weighted by atomic mass is 10.2. The van der Waals surface area contributed by atoms with Crippen LogP contribution in [0.15, 0.2) is 36.5 Å². The van der Waals surface area contributed by atoms with Crippen molar-refractivity contribution in [3.8, 4) is 0 Å². The molecule has 1 aromatic carbocycles. The number of nitrogens with zero attached hydrogens (tertiary/aromatic N) is 3. The maximum atomic E-state index is 12.5. The van der Waals surface area contributed by atoms with Crippen LogP contribution in [0.4, 0.5) is 24.5 Å². The van der Waals surface area contributed by atoms with E-state index in [-0.39, 0.29) is 6.54 Å². The van der Waals surface area contributed by atoms with Gasteiger partial charge in [0.1, 0.15) is 6.54 Å². The van der Waals surface area contributed by atoms with Crippen molar-refractivity contribution in [1.82, 2.24) is 9.78 Å². The minimum Gasteiger partial charge on any atom is -0.372 e. The fourth-order valence-electron chi connectivity index (χ4n) is 3.03. The van der Waals surface area contributed by atoms with Gasteiger partial charge < -0.3 is 10.2 Å². The Labute approximate surface area is 149 Å². The molecule has 1 aliphatic rings. The second-order valence-corrected chi connectivity index (χ2v) is 6.39. The molecule has 1 aromatic heterocycles. The molecular weight excluding hydrogens is 345 g/mol. The largest absolute Gasteiger partial charge is 0.435 e. The summed E-state index contributed by atoms with van der Waals surface area (Å²) in [6.07, 6.45) is 1.52. The van der Waals surface area contributed by atoms with Crippen LogP contribution in [0.1, 0.15) is 31.4 Å². The maximum absolute atomic E-state index is 12.5. The molecule has 0 spiro atoms. The van der Waals surface area contributed by atoms with Gasteiger partial charge in [0.25, 0.3) is 0 Å². The van der Waals surface area contributed by atoms with Crippen LogP contribution in [0.3, 0.4) is 0 Å². The third-order valence-corrected chi connectivity index (χ3v) is 4.36. The molecule has 5 nitrogen and oxygen atoms in total. The number of carbonyl (C=O) groups is 1. The molecule has 140 valence electrons. The molecule has 26 heavy (non-hydrogen) atoms. The first-order valence-electron chi connectivity index (χ1n) is 8.67. The molecule has 1 aliphatic heterocycles. The number of amides is 1. The van der Waals surface area contributed by atoms with Gasteiger partial charge in [0.15, 0.2) is 5.69 Å². The van der Waals surface area contributed by atoms with Crippen molar-refractivity contribution in [3.63, 3.8) is 0 Å². The Morgan fingerprint density at radius 2 is 1.69 bits per heavy atom. The van der Waals surface area contributed by atoms with Gasteiger partial charge in [-0.05, 0) is 43.2 Å². The van der Waals surface area contributed by atoms with Crippen LogP contribution in [0, 0.1) is 0 Å². The second-order valence-electron chi connectivity index (χ2n) is 6.39. The first-order chi connectivity index (χ1) is 12.4. The van der Waals surface area contributed by atoms with E-state index < -0.39 is 17.8 Å². The van der Waals surface area contributed by atoms with Crippen LogP contribution in [-0.2, 0) is 17.5 Å². The van der Waals surface area contributed by atoms with Gasteiger partial charge in [0.2, 0.25) is 5.91 Å². The summed E-state index contributed by atoms with van der Waals surface area (Å²) in [5.74, 6) is -0.427. The van der Waals surface area contributed by atoms with Crippen LogP contribution in [0.5, 0.6) is 0 Å². The number of anilines is 2. The van der Waals surface area contributed by atoms with E-state index in [2.05, 4.69) is 15.3 Å². The lowest BCUT2D eigenvalue weighted by Gasteiger charge is -2.22. The third-order valence-electron chi connectivity index (χ3n) is 4.36. The molecule has 2 heterocycles. The Balaban J connectivity index is 1.56. The van der Waals surface area contributed by atoms with E-state index in [9.17, 15) is 18.0 Å². The summed E-state index contributed by atoms with van der Waals surface area (Å²) in [6, 6.07) is 8.38. The van der Waals surface area contributed by atoms with E-state index >= 15 is 0 Å². The highest BCUT2D eigenvalue weighted by molar-refractivity contribution is 5.90. The third kappa shape index (κ3) is 4.77. The van der Waals surface area contributed by atoms with Crippen molar-refractivity contribution in [2.45, 2.75) is 38.4 Å². The quantitative estimate of drug-likeness (QED) is 0.892. The smallest absolute Gasteiger partial charge is 0.372 e. The minimum absolute atomic E-state index is 0.274. The normalized spacial score (nSPS) is 15.6. The highest BCUT2D eigenvalue weighted by Gasteiger charge is 2.33. The average Bonchev–Trinajstić information content (AvgIpc) is 2.89. The molecule has 1 amide bonds. The molecule has 1 N–H and O–H groups in total. The van der Waals surface area contributed by atoms with Gasteiger partial charge in [-0.25, -0.2) is 0 Å². The number of alkyl halides is 3. The van der Waals surface area contributed by atoms with E-state index in [4.69, 9.17) is 0 Å². The van der Waals surface area contributed by atoms with Gasteiger partial charge in [0, 0.05) is 30.7 Å². The van der Waals surface area contributed by atoms with Crippen molar-refractivity contribution in [1.29, 1.82) is 0 Å². The van der Waals surface area contributed by atoms with Crippen LogP contribution in [0.25, 0.3) is 0 Å². The van der Waals surface area contributed by atoms with Crippen molar-refractivity contribution in [2.75, 3.05) is 23.3 Å². The number of rotatable bonds is 4. The summed E-state index contributed by atoms with van der Waals surface area (Å²) in [7, 11) is 0. The van der Waals surface area contributed by atoms with Crippen molar-refractivity contribution in [3.05, 3.63) is 42.2 Å². The molecule has 1 saturated heterocycles. The fourth-order valence-corrected chi connectivity index (χ4v) is 3.03. The van der Waals surface area contributed by atoms with Gasteiger partial charge in [0.05, 0.1) is 0 Å². The molecule has 0 aliphatic carbocycles. The first kappa shape index (κ1) is 18.3. The van der Waals surface area contributed by atoms with Crippen molar-refractivity contribution in [2.24, 2.45) is 0 Å². The summed E-state index contributed by atoms with van der Waals surface area (Å²) >= 11 is 0. The molecule has 3 rings (SSSR count). The predicted molar refractivity (Wildman–Crippen MR) is 93.0 cm³/mol. The Hall–Kier alpha value is -2.51. The van der Waals surface area contributed by atoms with Crippen LogP contribution in [0.2, 0.25) is 0 Å². The van der Waals surface area contributed by atoms with Gasteiger partial charge in [-0.15, -0.1) is 0 Å². The molecule has 0 unspecified atom stereocenters. The summed E-state index contributed by atoms with van der Waals surface area (Å²) in [6.45, 7) is 1.79. The maximum Gasteiger partial charge on any atom is 0.435 e. The van der Waals surface area contributed by atoms with Crippen LogP contribution in [-0.4, -0.2) is 28.8 Å². The van der Waals surface area contributed by atoms with E-state index in [0.717, 1.165) is 35.7 Å². The minimum atomic E-state index is -4.51. The zero-order valence-electron chi connectivity index (χ0n) is 14.3. The molecule has 0 atom stereocenters. The number of benzene rings is 1. The number of halogens is 3. The van der Waals surface area contributed by atoms with E-state index in [1.54, 1.807) is 0 Å². The van der Waals surface area contributed by atoms with Crippen LogP contribution >= 0.6 is 0 Å². The highest BCUT2D eigenvalue weighted by Crippen LogP contribution is 2.27. The van der Waals surface area contributed by atoms with Gasteiger partial charge >= 0.3 is 6.18 Å². The first-order valence-corrected chi connectivity index (χ1v) is 8.67. The average molecular weight is 366 g/mol. The molecule has 1 fully saturated rings. The Morgan fingerprint density at radius 1 is 1.04 bits per heavy atom. The lowest BCUT2D eigenvalue weighted by molar-refractivity contribution is -0.141. The summed E-state index contributed by atoms with van der Waals surface area (Å²) in [4.78, 5) is 14.3. The monoisotopic (exact) mass is 366 g/mol. The molecule has 2 aromatic rings. The standard InChI is InChI=1S/C18H21F3N4O/c19-18(20,21)16-9-12-25(23-16)13-17(26)22-14-5-7-15(8-6-14)24-10-3-1-2-4-11-24/h5-9,12H,1-4,10-11,13H2,(H,22,26). The topological polar surface area (TPSA) is 50.2 Å². The van der Waals surface area contributed by atoms with Gasteiger partial charge in [-0.2, -0.15) is 18.3 Å². The van der Waals surface area contributed by atoms with E-state index in [1.165, 1.54) is 25.7 Å². The van der Waals surface area contributed by atoms with E-state index in [1.807, 2.05) is 24.3 Å². The van der Waals surface area contributed by atoms with Crippen LogP contribution < -0.4 is 10.2 Å². The number of hydrogen-bond donors (Lipinski definition) is 1. The zero-order valence-corrected chi connectivity index (χ0v) is 14.3. The predicted octanol–water partition coefficient (Wildman–Crippen LogP) is 3.92. The lowest BCUT2D eigenvalue weighted by Crippen LogP contribution is -2.23. The summed E-state index contributed by atoms with van der Waals surface area (Å²) in [5, 5.41) is 6.05. The summed E-state index contributed by atoms with van der Waals surface area (Å²) in [5.41, 5.74) is 0.718. The summed E-state index contributed by atoms with van der Waals surface area (Å²) < 4.78 is 38.5. The second kappa shape index (κ2) is 7.80. The zero-order chi connectivity index (χ0) is 18.6. The van der Waals surface area contributed by atoms with Crippen molar-refractivity contribution >= 4 is 17.3 Å². The molecule has 8 heteroatoms. The SMILES string of the molecule is O=C(Cn1ccc(C(F)(F)F)n1)Nc1ccc(N2CCCCCC2)cc1. The number of hydrogen-bond acceptors (Lipinski definition) is 3. The van der Waals surface area contributed by atoms with Gasteiger partial charge in [-0.3, -0.25) is 9.48 Å². The number of nitrogens with one attached hydrogen (secondary N) is 1. The molecular formula is C18H21F3N4O. The highest BCUT2D eigenvalue weighted by atomic mass is 19.4. The van der Waals surface area contributed by atoms with Crippen molar-refractivity contribution < 1.29 is 18.0 Å².